The standard InChI is InChI=1S/C20H38N4O5S/c1-11(2)9-15(23-17(25)13(5)21)19(27)22-14(7-8-30-6)18(26)24-16(20(28)29)10-12(3)4/h11-16H,7-10,21H2,1-6H3,(H,22,27)(H,23,25)(H,24,26)(H,28,29). The number of carbonyl (C=O) groups is 4. The second kappa shape index (κ2) is 14.2. The quantitative estimate of drug-likeness (QED) is 0.264. The van der Waals surface area contributed by atoms with Gasteiger partial charge in [0.2, 0.25) is 17.7 Å². The van der Waals surface area contributed by atoms with Crippen molar-refractivity contribution in [3.63, 3.8) is 0 Å². The van der Waals surface area contributed by atoms with Gasteiger partial charge in [0.05, 0.1) is 6.04 Å². The summed E-state index contributed by atoms with van der Waals surface area (Å²) < 4.78 is 0. The van der Waals surface area contributed by atoms with Crippen LogP contribution in [0.25, 0.3) is 0 Å². The number of nitrogens with one attached hydrogen (secondary N) is 3. The zero-order chi connectivity index (χ0) is 23.4. The summed E-state index contributed by atoms with van der Waals surface area (Å²) in [6.07, 6.45) is 2.87. The van der Waals surface area contributed by atoms with Crippen molar-refractivity contribution in [2.45, 2.75) is 78.0 Å². The number of rotatable bonds is 14. The Labute approximate surface area is 183 Å². The minimum absolute atomic E-state index is 0.0783. The van der Waals surface area contributed by atoms with Gasteiger partial charge in [-0.2, -0.15) is 11.8 Å². The highest BCUT2D eigenvalue weighted by Gasteiger charge is 2.30. The van der Waals surface area contributed by atoms with Crippen LogP contribution in [-0.4, -0.2) is 65.0 Å². The molecular formula is C20H38N4O5S. The first-order chi connectivity index (χ1) is 13.9. The molecule has 0 aromatic carbocycles. The Morgan fingerprint density at radius 3 is 1.67 bits per heavy atom. The number of nitrogens with two attached hydrogens (primary N) is 1. The molecule has 9 nitrogen and oxygen atoms in total. The van der Waals surface area contributed by atoms with Gasteiger partial charge < -0.3 is 26.8 Å². The van der Waals surface area contributed by atoms with Crippen LogP contribution in [0.1, 0.15) is 53.9 Å². The number of aliphatic carboxylic acids is 1. The maximum atomic E-state index is 12.8. The van der Waals surface area contributed by atoms with Crippen LogP contribution >= 0.6 is 11.8 Å². The van der Waals surface area contributed by atoms with Gasteiger partial charge in [0.15, 0.2) is 0 Å². The van der Waals surface area contributed by atoms with Gasteiger partial charge >= 0.3 is 5.97 Å². The lowest BCUT2D eigenvalue weighted by Crippen LogP contribution is -2.57. The summed E-state index contributed by atoms with van der Waals surface area (Å²) in [4.78, 5) is 49.1. The van der Waals surface area contributed by atoms with Crippen molar-refractivity contribution in [3.05, 3.63) is 0 Å². The molecule has 0 aromatic rings. The first-order valence-corrected chi connectivity index (χ1v) is 11.7. The van der Waals surface area contributed by atoms with E-state index in [4.69, 9.17) is 5.73 Å². The Hall–Kier alpha value is -1.81. The molecule has 0 aliphatic carbocycles. The highest BCUT2D eigenvalue weighted by Crippen LogP contribution is 2.09. The molecule has 0 fully saturated rings. The summed E-state index contributed by atoms with van der Waals surface area (Å²) in [5.74, 6) is -1.81. The maximum Gasteiger partial charge on any atom is 0.326 e. The molecule has 6 N–H and O–H groups in total. The van der Waals surface area contributed by atoms with Gasteiger partial charge in [-0.15, -0.1) is 0 Å². The van der Waals surface area contributed by atoms with Gasteiger partial charge in [-0.25, -0.2) is 4.79 Å². The number of thioether (sulfide) groups is 1. The fraction of sp³-hybridized carbons (Fsp3) is 0.800. The maximum absolute atomic E-state index is 12.8. The van der Waals surface area contributed by atoms with Crippen LogP contribution in [0.5, 0.6) is 0 Å². The Balaban J connectivity index is 5.37. The summed E-state index contributed by atoms with van der Waals surface area (Å²) in [6, 6.07) is -3.54. The molecule has 0 heterocycles. The monoisotopic (exact) mass is 446 g/mol. The molecule has 174 valence electrons. The lowest BCUT2D eigenvalue weighted by molar-refractivity contribution is -0.142. The molecule has 0 saturated heterocycles. The first kappa shape index (κ1) is 28.2. The molecular weight excluding hydrogens is 408 g/mol. The van der Waals surface area contributed by atoms with E-state index in [-0.39, 0.29) is 18.3 Å². The molecule has 0 aliphatic rings. The number of hydrogen-bond acceptors (Lipinski definition) is 6. The molecule has 0 bridgehead atoms. The van der Waals surface area contributed by atoms with E-state index >= 15 is 0 Å². The van der Waals surface area contributed by atoms with Crippen molar-refractivity contribution in [1.82, 2.24) is 16.0 Å². The average Bonchev–Trinajstić information content (AvgIpc) is 2.62. The van der Waals surface area contributed by atoms with Gasteiger partial charge in [0, 0.05) is 0 Å². The summed E-state index contributed by atoms with van der Waals surface area (Å²) in [5.41, 5.74) is 5.59. The Morgan fingerprint density at radius 1 is 0.800 bits per heavy atom. The largest absolute Gasteiger partial charge is 0.480 e. The smallest absolute Gasteiger partial charge is 0.326 e. The van der Waals surface area contributed by atoms with Crippen LogP contribution in [0.2, 0.25) is 0 Å². The second-order valence-electron chi connectivity index (χ2n) is 8.35. The predicted octanol–water partition coefficient (Wildman–Crippen LogP) is 0.718. The van der Waals surface area contributed by atoms with E-state index in [1.165, 1.54) is 18.7 Å². The van der Waals surface area contributed by atoms with E-state index in [0.29, 0.717) is 18.6 Å². The first-order valence-electron chi connectivity index (χ1n) is 10.3. The van der Waals surface area contributed by atoms with Crippen LogP contribution in [0.3, 0.4) is 0 Å². The van der Waals surface area contributed by atoms with E-state index in [0.717, 1.165) is 0 Å². The van der Waals surface area contributed by atoms with Crippen molar-refractivity contribution in [2.24, 2.45) is 17.6 Å². The topological polar surface area (TPSA) is 151 Å². The van der Waals surface area contributed by atoms with Crippen molar-refractivity contribution < 1.29 is 24.3 Å². The Bertz CT molecular complexity index is 584. The third kappa shape index (κ3) is 11.4. The van der Waals surface area contributed by atoms with Crippen molar-refractivity contribution in [3.8, 4) is 0 Å². The molecule has 10 heteroatoms. The highest BCUT2D eigenvalue weighted by molar-refractivity contribution is 7.98. The normalized spacial score (nSPS) is 15.2. The number of carboxylic acids is 1. The van der Waals surface area contributed by atoms with Crippen LogP contribution in [0.4, 0.5) is 0 Å². The molecule has 4 atom stereocenters. The zero-order valence-electron chi connectivity index (χ0n) is 18.9. The van der Waals surface area contributed by atoms with Crippen LogP contribution < -0.4 is 21.7 Å². The lowest BCUT2D eigenvalue weighted by atomic mass is 10.0. The summed E-state index contributed by atoms with van der Waals surface area (Å²) in [7, 11) is 0. The van der Waals surface area contributed by atoms with Gasteiger partial charge in [0.25, 0.3) is 0 Å². The molecule has 0 saturated carbocycles. The van der Waals surface area contributed by atoms with E-state index in [2.05, 4.69) is 16.0 Å². The Morgan fingerprint density at radius 2 is 1.23 bits per heavy atom. The van der Waals surface area contributed by atoms with Gasteiger partial charge in [0.1, 0.15) is 18.1 Å². The summed E-state index contributed by atoms with van der Waals surface area (Å²) in [5, 5.41) is 17.2. The Kier molecular flexibility index (Phi) is 13.4. The highest BCUT2D eigenvalue weighted by atomic mass is 32.2. The molecule has 30 heavy (non-hydrogen) atoms. The van der Waals surface area contributed by atoms with Crippen molar-refractivity contribution in [1.29, 1.82) is 0 Å². The third-order valence-electron chi connectivity index (χ3n) is 4.32. The van der Waals surface area contributed by atoms with E-state index < -0.39 is 47.9 Å². The van der Waals surface area contributed by atoms with Crippen LogP contribution in [0, 0.1) is 11.8 Å². The predicted molar refractivity (Wildman–Crippen MR) is 119 cm³/mol. The van der Waals surface area contributed by atoms with Gasteiger partial charge in [-0.3, -0.25) is 14.4 Å². The van der Waals surface area contributed by atoms with Crippen molar-refractivity contribution in [2.75, 3.05) is 12.0 Å². The summed E-state index contributed by atoms with van der Waals surface area (Å²) >= 11 is 1.51. The number of carbonyl (C=O) groups excluding carboxylic acids is 3. The fourth-order valence-corrected chi connectivity index (χ4v) is 3.22. The third-order valence-corrected chi connectivity index (χ3v) is 4.96. The minimum atomic E-state index is -1.12. The van der Waals surface area contributed by atoms with Gasteiger partial charge in [-0.05, 0) is 50.0 Å². The molecule has 0 spiro atoms. The SMILES string of the molecule is CSCCC(NC(=O)C(CC(C)C)NC(=O)C(C)N)C(=O)NC(CC(C)C)C(=O)O. The number of amides is 3. The summed E-state index contributed by atoms with van der Waals surface area (Å²) in [6.45, 7) is 9.09. The second-order valence-corrected chi connectivity index (χ2v) is 9.34. The molecule has 3 amide bonds. The lowest BCUT2D eigenvalue weighted by Gasteiger charge is -2.26. The van der Waals surface area contributed by atoms with E-state index in [1.807, 2.05) is 34.0 Å². The molecule has 0 rings (SSSR count). The molecule has 0 radical (unpaired) electrons. The molecule has 0 aliphatic heterocycles. The van der Waals surface area contributed by atoms with Crippen molar-refractivity contribution >= 4 is 35.5 Å². The molecule has 4 unspecified atom stereocenters. The van der Waals surface area contributed by atoms with Gasteiger partial charge in [-0.1, -0.05) is 27.7 Å². The van der Waals surface area contributed by atoms with E-state index in [9.17, 15) is 24.3 Å². The minimum Gasteiger partial charge on any atom is -0.480 e. The van der Waals surface area contributed by atoms with Crippen LogP contribution in [-0.2, 0) is 19.2 Å². The number of hydrogen-bond donors (Lipinski definition) is 5. The van der Waals surface area contributed by atoms with Crippen LogP contribution in [0.15, 0.2) is 0 Å². The zero-order valence-corrected chi connectivity index (χ0v) is 19.7. The average molecular weight is 447 g/mol. The fourth-order valence-electron chi connectivity index (χ4n) is 2.75. The van der Waals surface area contributed by atoms with E-state index in [1.54, 1.807) is 0 Å². The number of carboxylic acid groups (broad SMARTS) is 1. The molecule has 0 aromatic heterocycles.